The van der Waals surface area contributed by atoms with E-state index in [1.807, 2.05) is 25.1 Å². The van der Waals surface area contributed by atoms with Gasteiger partial charge < -0.3 is 15.2 Å². The maximum Gasteiger partial charge on any atom is 0.0897 e. The molecule has 1 unspecified atom stereocenters. The van der Waals surface area contributed by atoms with Crippen LogP contribution in [-0.4, -0.2) is 31.5 Å². The standard InChI is InChI=1S/C12H18ClNO2/c1-9-5-11(13)4-3-10(9)6-14-7-12(15)8-16-2/h3-5,12,14-15H,6-8H2,1-2H3. The molecule has 0 radical (unpaired) electrons. The van der Waals surface area contributed by atoms with Crippen molar-refractivity contribution >= 4 is 11.6 Å². The van der Waals surface area contributed by atoms with Crippen LogP contribution in [0, 0.1) is 6.92 Å². The van der Waals surface area contributed by atoms with Crippen molar-refractivity contribution in [3.8, 4) is 0 Å². The number of aliphatic hydroxyl groups excluding tert-OH is 1. The van der Waals surface area contributed by atoms with Crippen LogP contribution in [0.1, 0.15) is 11.1 Å². The lowest BCUT2D eigenvalue weighted by molar-refractivity contribution is 0.0644. The van der Waals surface area contributed by atoms with Gasteiger partial charge in [-0.3, -0.25) is 0 Å². The molecule has 16 heavy (non-hydrogen) atoms. The van der Waals surface area contributed by atoms with Gasteiger partial charge in [-0.1, -0.05) is 17.7 Å². The third kappa shape index (κ3) is 4.49. The fourth-order valence-corrected chi connectivity index (χ4v) is 1.71. The number of ether oxygens (including phenoxy) is 1. The highest BCUT2D eigenvalue weighted by molar-refractivity contribution is 6.30. The monoisotopic (exact) mass is 243 g/mol. The number of rotatable bonds is 6. The van der Waals surface area contributed by atoms with Crippen molar-refractivity contribution in [3.63, 3.8) is 0 Å². The average Bonchev–Trinajstić information content (AvgIpc) is 2.22. The first-order chi connectivity index (χ1) is 7.63. The molecule has 0 bridgehead atoms. The maximum absolute atomic E-state index is 9.43. The summed E-state index contributed by atoms with van der Waals surface area (Å²) in [4.78, 5) is 0. The molecule has 2 N–H and O–H groups in total. The van der Waals surface area contributed by atoms with Crippen LogP contribution in [0.15, 0.2) is 18.2 Å². The fourth-order valence-electron chi connectivity index (χ4n) is 1.48. The molecule has 1 aromatic rings. The molecule has 0 aliphatic rings. The Morgan fingerprint density at radius 1 is 1.50 bits per heavy atom. The molecule has 1 rings (SSSR count). The van der Waals surface area contributed by atoms with E-state index in [0.29, 0.717) is 13.2 Å². The molecule has 3 nitrogen and oxygen atoms in total. The molecular weight excluding hydrogens is 226 g/mol. The van der Waals surface area contributed by atoms with Gasteiger partial charge in [-0.25, -0.2) is 0 Å². The summed E-state index contributed by atoms with van der Waals surface area (Å²) < 4.78 is 4.84. The molecule has 0 saturated carbocycles. The van der Waals surface area contributed by atoms with E-state index >= 15 is 0 Å². The number of benzene rings is 1. The Morgan fingerprint density at radius 3 is 2.88 bits per heavy atom. The molecule has 0 aliphatic heterocycles. The first-order valence-corrected chi connectivity index (χ1v) is 5.64. The van der Waals surface area contributed by atoms with Crippen molar-refractivity contribution < 1.29 is 9.84 Å². The van der Waals surface area contributed by atoms with E-state index in [1.54, 1.807) is 7.11 Å². The molecule has 1 atom stereocenters. The van der Waals surface area contributed by atoms with Crippen molar-refractivity contribution in [2.75, 3.05) is 20.3 Å². The summed E-state index contributed by atoms with van der Waals surface area (Å²) in [5.41, 5.74) is 2.34. The Balaban J connectivity index is 2.37. The largest absolute Gasteiger partial charge is 0.389 e. The SMILES string of the molecule is COCC(O)CNCc1ccc(Cl)cc1C. The van der Waals surface area contributed by atoms with E-state index < -0.39 is 6.10 Å². The number of aryl methyl sites for hydroxylation is 1. The van der Waals surface area contributed by atoms with Gasteiger partial charge in [-0.05, 0) is 30.2 Å². The zero-order valence-electron chi connectivity index (χ0n) is 9.66. The second-order valence-corrected chi connectivity index (χ2v) is 4.25. The van der Waals surface area contributed by atoms with Crippen molar-refractivity contribution in [1.29, 1.82) is 0 Å². The summed E-state index contributed by atoms with van der Waals surface area (Å²) >= 11 is 5.87. The Kier molecular flexibility index (Phi) is 5.77. The lowest BCUT2D eigenvalue weighted by Gasteiger charge is -2.12. The number of hydrogen-bond donors (Lipinski definition) is 2. The zero-order valence-corrected chi connectivity index (χ0v) is 10.4. The molecule has 0 heterocycles. The molecule has 0 spiro atoms. The minimum absolute atomic E-state index is 0.354. The predicted octanol–water partition coefficient (Wildman–Crippen LogP) is 1.75. The minimum atomic E-state index is -0.461. The predicted molar refractivity (Wildman–Crippen MR) is 65.8 cm³/mol. The van der Waals surface area contributed by atoms with E-state index in [2.05, 4.69) is 5.32 Å². The molecule has 0 amide bonds. The average molecular weight is 244 g/mol. The lowest BCUT2D eigenvalue weighted by Crippen LogP contribution is -2.29. The summed E-state index contributed by atoms with van der Waals surface area (Å²) in [6.07, 6.45) is -0.461. The van der Waals surface area contributed by atoms with Crippen LogP contribution in [0.4, 0.5) is 0 Å². The molecule has 4 heteroatoms. The van der Waals surface area contributed by atoms with Gasteiger partial charge in [0.05, 0.1) is 12.7 Å². The number of nitrogens with one attached hydrogen (secondary N) is 1. The number of methoxy groups -OCH3 is 1. The highest BCUT2D eigenvalue weighted by Crippen LogP contribution is 2.14. The Hall–Kier alpha value is -0.610. The van der Waals surface area contributed by atoms with Gasteiger partial charge >= 0.3 is 0 Å². The number of halogens is 1. The highest BCUT2D eigenvalue weighted by atomic mass is 35.5. The summed E-state index contributed by atoms with van der Waals surface area (Å²) in [5, 5.41) is 13.4. The molecule has 0 aromatic heterocycles. The molecular formula is C12H18ClNO2. The quantitative estimate of drug-likeness (QED) is 0.800. The summed E-state index contributed by atoms with van der Waals surface area (Å²) in [7, 11) is 1.58. The van der Waals surface area contributed by atoms with E-state index in [1.165, 1.54) is 5.56 Å². The van der Waals surface area contributed by atoms with Crippen molar-refractivity contribution in [2.24, 2.45) is 0 Å². The van der Waals surface area contributed by atoms with Crippen LogP contribution in [-0.2, 0) is 11.3 Å². The van der Waals surface area contributed by atoms with E-state index in [9.17, 15) is 5.11 Å². The Bertz CT molecular complexity index is 331. The van der Waals surface area contributed by atoms with Gasteiger partial charge in [0.25, 0.3) is 0 Å². The first kappa shape index (κ1) is 13.5. The summed E-state index contributed by atoms with van der Waals surface area (Å²) in [6.45, 7) is 3.63. The second kappa shape index (κ2) is 6.86. The van der Waals surface area contributed by atoms with Gasteiger partial charge in [0.15, 0.2) is 0 Å². The van der Waals surface area contributed by atoms with E-state index in [-0.39, 0.29) is 0 Å². The van der Waals surface area contributed by atoms with Crippen LogP contribution < -0.4 is 5.32 Å². The zero-order chi connectivity index (χ0) is 12.0. The van der Waals surface area contributed by atoms with Crippen molar-refractivity contribution in [1.82, 2.24) is 5.32 Å². The Morgan fingerprint density at radius 2 is 2.25 bits per heavy atom. The maximum atomic E-state index is 9.43. The molecule has 90 valence electrons. The van der Waals surface area contributed by atoms with Crippen LogP contribution in [0.5, 0.6) is 0 Å². The number of hydrogen-bond acceptors (Lipinski definition) is 3. The van der Waals surface area contributed by atoms with Gasteiger partial charge in [0.1, 0.15) is 0 Å². The van der Waals surface area contributed by atoms with Gasteiger partial charge in [-0.2, -0.15) is 0 Å². The summed E-state index contributed by atoms with van der Waals surface area (Å²) in [5.74, 6) is 0. The third-order valence-corrected chi connectivity index (χ3v) is 2.59. The van der Waals surface area contributed by atoms with E-state index in [4.69, 9.17) is 16.3 Å². The molecule has 0 aliphatic carbocycles. The van der Waals surface area contributed by atoms with E-state index in [0.717, 1.165) is 17.1 Å². The molecule has 0 saturated heterocycles. The van der Waals surface area contributed by atoms with Crippen LogP contribution in [0.2, 0.25) is 5.02 Å². The van der Waals surface area contributed by atoms with Crippen LogP contribution in [0.25, 0.3) is 0 Å². The van der Waals surface area contributed by atoms with Crippen molar-refractivity contribution in [2.45, 2.75) is 19.6 Å². The second-order valence-electron chi connectivity index (χ2n) is 3.81. The fraction of sp³-hybridized carbons (Fsp3) is 0.500. The van der Waals surface area contributed by atoms with Crippen LogP contribution in [0.3, 0.4) is 0 Å². The van der Waals surface area contributed by atoms with Crippen molar-refractivity contribution in [3.05, 3.63) is 34.3 Å². The number of aliphatic hydroxyl groups is 1. The molecule has 0 fully saturated rings. The van der Waals surface area contributed by atoms with Gasteiger partial charge in [0.2, 0.25) is 0 Å². The smallest absolute Gasteiger partial charge is 0.0897 e. The highest BCUT2D eigenvalue weighted by Gasteiger charge is 2.03. The normalized spacial score (nSPS) is 12.8. The summed E-state index contributed by atoms with van der Waals surface area (Å²) in [6, 6.07) is 5.80. The first-order valence-electron chi connectivity index (χ1n) is 5.26. The minimum Gasteiger partial charge on any atom is -0.389 e. The van der Waals surface area contributed by atoms with Gasteiger partial charge in [0, 0.05) is 25.2 Å². The topological polar surface area (TPSA) is 41.5 Å². The Labute approximate surface area is 101 Å². The van der Waals surface area contributed by atoms with Crippen LogP contribution >= 0.6 is 11.6 Å². The lowest BCUT2D eigenvalue weighted by atomic mass is 10.1. The van der Waals surface area contributed by atoms with Gasteiger partial charge in [-0.15, -0.1) is 0 Å². The third-order valence-electron chi connectivity index (χ3n) is 2.36. The molecule has 1 aromatic carbocycles.